The molecular weight excluding hydrogens is 239 g/mol. The average Bonchev–Trinajstić information content (AvgIpc) is 2.11. The molecule has 3 heteroatoms. The van der Waals surface area contributed by atoms with Gasteiger partial charge in [0.25, 0.3) is 0 Å². The summed E-state index contributed by atoms with van der Waals surface area (Å²) in [6.07, 6.45) is 3.50. The molecule has 0 saturated heterocycles. The predicted octanol–water partition coefficient (Wildman–Crippen LogP) is -2.81. The van der Waals surface area contributed by atoms with Crippen molar-refractivity contribution in [3.8, 4) is 0 Å². The van der Waals surface area contributed by atoms with Crippen molar-refractivity contribution in [3.05, 3.63) is 21.1 Å². The summed E-state index contributed by atoms with van der Waals surface area (Å²) in [5.41, 5.74) is 3.48. The van der Waals surface area contributed by atoms with E-state index >= 15 is 0 Å². The van der Waals surface area contributed by atoms with Crippen LogP contribution in [0, 0.1) is 5.41 Å². The zero-order chi connectivity index (χ0) is 8.65. The molecule has 0 spiro atoms. The van der Waals surface area contributed by atoms with Gasteiger partial charge >= 0.3 is 81.1 Å². The topological polar surface area (TPSA) is 0 Å². The van der Waals surface area contributed by atoms with E-state index in [9.17, 15) is 0 Å². The standard InChI is InChI=1S/C10H15.2ClH.Ti/c1-8-6-5-7-9(8)10(2,3)4;;;/h5H,7H2,1-4H3;2*1H;/q;;;+2/p-2. The van der Waals surface area contributed by atoms with E-state index in [1.807, 2.05) is 0 Å². The van der Waals surface area contributed by atoms with Gasteiger partial charge in [-0.25, -0.2) is 0 Å². The van der Waals surface area contributed by atoms with Gasteiger partial charge in [0.1, 0.15) is 0 Å². The van der Waals surface area contributed by atoms with Crippen molar-refractivity contribution in [2.45, 2.75) is 34.1 Å². The fourth-order valence-corrected chi connectivity index (χ4v) is 1.94. The summed E-state index contributed by atoms with van der Waals surface area (Å²) >= 11 is 2.20. The van der Waals surface area contributed by atoms with Crippen LogP contribution < -0.4 is 24.8 Å². The minimum absolute atomic E-state index is 0. The van der Waals surface area contributed by atoms with E-state index in [0.717, 1.165) is 0 Å². The quantitative estimate of drug-likeness (QED) is 0.409. The maximum absolute atomic E-state index is 2.33. The van der Waals surface area contributed by atoms with Gasteiger partial charge in [0.15, 0.2) is 0 Å². The van der Waals surface area contributed by atoms with E-state index < -0.39 is 0 Å². The molecule has 0 saturated carbocycles. The second-order valence-corrected chi connectivity index (χ2v) is 5.02. The van der Waals surface area contributed by atoms with Crippen LogP contribution in [0.3, 0.4) is 0 Å². The third-order valence-electron chi connectivity index (χ3n) is 2.27. The Morgan fingerprint density at radius 1 is 1.23 bits per heavy atom. The Bertz CT molecular complexity index is 234. The van der Waals surface area contributed by atoms with Crippen molar-refractivity contribution >= 4 is 0 Å². The van der Waals surface area contributed by atoms with E-state index in [-0.39, 0.29) is 24.8 Å². The fourth-order valence-electron chi connectivity index (χ4n) is 1.54. The molecule has 1 aliphatic rings. The van der Waals surface area contributed by atoms with E-state index in [1.165, 1.54) is 15.9 Å². The van der Waals surface area contributed by atoms with Gasteiger partial charge in [-0.2, -0.15) is 0 Å². The Morgan fingerprint density at radius 3 is 1.85 bits per heavy atom. The van der Waals surface area contributed by atoms with Crippen molar-refractivity contribution in [2.24, 2.45) is 5.41 Å². The van der Waals surface area contributed by atoms with Crippen LogP contribution in [0.2, 0.25) is 0 Å². The van der Waals surface area contributed by atoms with Gasteiger partial charge in [-0.1, -0.05) is 0 Å². The van der Waals surface area contributed by atoms with Crippen LogP contribution in [-0.4, -0.2) is 0 Å². The minimum atomic E-state index is 0. The van der Waals surface area contributed by atoms with E-state index in [1.54, 1.807) is 5.57 Å². The first-order valence-electron chi connectivity index (χ1n) is 4.05. The minimum Gasteiger partial charge on any atom is -1.00 e. The van der Waals surface area contributed by atoms with Crippen LogP contribution in [0.4, 0.5) is 0 Å². The first kappa shape index (κ1) is 16.2. The molecule has 0 nitrogen and oxygen atoms in total. The summed E-state index contributed by atoms with van der Waals surface area (Å²) in [7, 11) is 0. The molecule has 0 aliphatic heterocycles. The maximum atomic E-state index is 2.33. The maximum Gasteiger partial charge on any atom is -1.00 e. The van der Waals surface area contributed by atoms with Crippen molar-refractivity contribution in [1.82, 2.24) is 0 Å². The molecular formula is C10H15Cl2Ti. The van der Waals surface area contributed by atoms with Crippen LogP contribution in [0.5, 0.6) is 0 Å². The molecule has 0 bridgehead atoms. The van der Waals surface area contributed by atoms with E-state index in [2.05, 4.69) is 54.2 Å². The number of rotatable bonds is 0. The number of hydrogen-bond acceptors (Lipinski definition) is 0. The van der Waals surface area contributed by atoms with Gasteiger partial charge in [-0.15, -0.1) is 0 Å². The molecule has 0 aromatic rings. The van der Waals surface area contributed by atoms with Gasteiger partial charge in [0.2, 0.25) is 0 Å². The molecule has 13 heavy (non-hydrogen) atoms. The summed E-state index contributed by atoms with van der Waals surface area (Å²) in [6, 6.07) is 0. The Balaban J connectivity index is 0. The third-order valence-corrected chi connectivity index (χ3v) is 3.18. The van der Waals surface area contributed by atoms with Gasteiger partial charge in [-0.05, 0) is 0 Å². The first-order chi connectivity index (χ1) is 4.93. The zero-order valence-electron chi connectivity index (χ0n) is 8.54. The van der Waals surface area contributed by atoms with E-state index in [0.29, 0.717) is 5.41 Å². The van der Waals surface area contributed by atoms with Crippen molar-refractivity contribution in [3.63, 3.8) is 0 Å². The Morgan fingerprint density at radius 2 is 1.69 bits per heavy atom. The molecule has 0 atom stereocenters. The Kier molecular flexibility index (Phi) is 6.99. The van der Waals surface area contributed by atoms with Crippen molar-refractivity contribution in [1.29, 1.82) is 0 Å². The van der Waals surface area contributed by atoms with Crippen LogP contribution in [0.1, 0.15) is 34.1 Å². The van der Waals surface area contributed by atoms with Crippen molar-refractivity contribution in [2.75, 3.05) is 0 Å². The number of hydrogen-bond donors (Lipinski definition) is 0. The molecule has 0 unspecified atom stereocenters. The zero-order valence-corrected chi connectivity index (χ0v) is 11.6. The molecule has 0 fully saturated rings. The summed E-state index contributed by atoms with van der Waals surface area (Å²) < 4.78 is 1.47. The monoisotopic (exact) mass is 253 g/mol. The molecule has 73 valence electrons. The second kappa shape index (κ2) is 5.61. The largest absolute Gasteiger partial charge is 1.00 e. The molecule has 0 N–H and O–H groups in total. The molecule has 0 aromatic heterocycles. The average molecular weight is 254 g/mol. The summed E-state index contributed by atoms with van der Waals surface area (Å²) in [4.78, 5) is 0. The predicted molar refractivity (Wildman–Crippen MR) is 44.9 cm³/mol. The molecule has 0 radical (unpaired) electrons. The van der Waals surface area contributed by atoms with Crippen LogP contribution >= 0.6 is 0 Å². The molecule has 1 aliphatic carbocycles. The van der Waals surface area contributed by atoms with Crippen LogP contribution in [-0.2, 0) is 20.4 Å². The third kappa shape index (κ3) is 3.79. The molecule has 1 rings (SSSR count). The van der Waals surface area contributed by atoms with Gasteiger partial charge in [-0.3, -0.25) is 0 Å². The second-order valence-electron chi connectivity index (χ2n) is 4.18. The first-order valence-corrected chi connectivity index (χ1v) is 4.83. The molecule has 0 heterocycles. The molecule has 0 aromatic carbocycles. The van der Waals surface area contributed by atoms with Crippen LogP contribution in [0.15, 0.2) is 21.1 Å². The van der Waals surface area contributed by atoms with Crippen molar-refractivity contribution < 1.29 is 45.2 Å². The summed E-state index contributed by atoms with van der Waals surface area (Å²) in [5, 5.41) is 0. The number of allylic oxidation sites excluding steroid dienone is 4. The number of halogens is 2. The molecule has 0 amide bonds. The Labute approximate surface area is 105 Å². The fraction of sp³-hybridized carbons (Fsp3) is 0.600. The smallest absolute Gasteiger partial charge is 1.00 e. The van der Waals surface area contributed by atoms with E-state index in [4.69, 9.17) is 0 Å². The SMILES string of the molecule is CC1=C(C(C)(C)C)CC=[C]1[Ti+2].[Cl-].[Cl-]. The van der Waals surface area contributed by atoms with Crippen LogP contribution in [0.25, 0.3) is 0 Å². The summed E-state index contributed by atoms with van der Waals surface area (Å²) in [6.45, 7) is 9.11. The Hall–Kier alpha value is 0.774. The van der Waals surface area contributed by atoms with Gasteiger partial charge in [0.05, 0.1) is 0 Å². The summed E-state index contributed by atoms with van der Waals surface area (Å²) in [5.74, 6) is 0. The normalized spacial score (nSPS) is 16.3. The van der Waals surface area contributed by atoms with Gasteiger partial charge < -0.3 is 24.8 Å². The van der Waals surface area contributed by atoms with Gasteiger partial charge in [0, 0.05) is 0 Å².